The number of hydrogen-bond donors (Lipinski definition) is 1. The molecular weight excluding hydrogens is 345 g/mol. The molecule has 0 heterocycles. The molecule has 140 valence electrons. The molecule has 6 heteroatoms. The molecule has 0 saturated heterocycles. The van der Waals surface area contributed by atoms with E-state index in [1.807, 2.05) is 37.1 Å². The van der Waals surface area contributed by atoms with Crippen LogP contribution in [-0.4, -0.2) is 55.5 Å². The summed E-state index contributed by atoms with van der Waals surface area (Å²) in [5.74, 6) is 0.232. The van der Waals surface area contributed by atoms with Gasteiger partial charge >= 0.3 is 0 Å². The summed E-state index contributed by atoms with van der Waals surface area (Å²) in [5.41, 5.74) is 1.19. The number of benzene rings is 1. The maximum absolute atomic E-state index is 12.7. The molecule has 1 amide bonds. The normalized spacial score (nSPS) is 11.4. The molecule has 1 aromatic carbocycles. The summed E-state index contributed by atoms with van der Waals surface area (Å²) < 4.78 is 0. The molecule has 24 heavy (non-hydrogen) atoms. The summed E-state index contributed by atoms with van der Waals surface area (Å²) in [4.78, 5) is 17.0. The van der Waals surface area contributed by atoms with Gasteiger partial charge in [0.25, 0.3) is 0 Å². The second-order valence-corrected chi connectivity index (χ2v) is 5.73. The van der Waals surface area contributed by atoms with E-state index >= 15 is 0 Å². The molecule has 1 atom stereocenters. The van der Waals surface area contributed by atoms with Gasteiger partial charge in [0.15, 0.2) is 0 Å². The van der Waals surface area contributed by atoms with Crippen LogP contribution >= 0.6 is 24.8 Å². The fraction of sp³-hybridized carbons (Fsp3) is 0.611. The molecule has 0 aliphatic carbocycles. The summed E-state index contributed by atoms with van der Waals surface area (Å²) in [6.07, 6.45) is 0. The van der Waals surface area contributed by atoms with E-state index in [0.29, 0.717) is 6.54 Å². The second-order valence-electron chi connectivity index (χ2n) is 5.73. The molecule has 0 fully saturated rings. The minimum atomic E-state index is 0. The molecule has 1 rings (SSSR count). The second kappa shape index (κ2) is 14.5. The van der Waals surface area contributed by atoms with Gasteiger partial charge in [-0.2, -0.15) is 0 Å². The summed E-state index contributed by atoms with van der Waals surface area (Å²) in [7, 11) is 1.89. The topological polar surface area (TPSA) is 35.6 Å². The zero-order valence-corrected chi connectivity index (χ0v) is 17.0. The van der Waals surface area contributed by atoms with Gasteiger partial charge in [-0.25, -0.2) is 0 Å². The molecule has 1 N–H and O–H groups in total. The fourth-order valence-corrected chi connectivity index (χ4v) is 2.58. The molecule has 4 nitrogen and oxygen atoms in total. The minimum Gasteiger partial charge on any atom is -0.337 e. The Hall–Kier alpha value is -0.810. The molecule has 0 bridgehead atoms. The maximum Gasteiger partial charge on any atom is 0.227 e. The molecule has 1 unspecified atom stereocenters. The SMILES string of the molecule is CCN(CC)CCN(Cc1ccccc1)C(=O)C(C)CNC.Cl.Cl. The monoisotopic (exact) mass is 377 g/mol. The van der Waals surface area contributed by atoms with Crippen molar-refractivity contribution in [2.45, 2.75) is 27.3 Å². The van der Waals surface area contributed by atoms with Crippen molar-refractivity contribution in [2.24, 2.45) is 5.92 Å². The van der Waals surface area contributed by atoms with E-state index in [0.717, 1.165) is 32.7 Å². The van der Waals surface area contributed by atoms with Crippen LogP contribution in [0.2, 0.25) is 0 Å². The third kappa shape index (κ3) is 8.88. The van der Waals surface area contributed by atoms with Crippen molar-refractivity contribution in [2.75, 3.05) is 39.8 Å². The Morgan fingerprint density at radius 3 is 2.17 bits per heavy atom. The van der Waals surface area contributed by atoms with E-state index in [2.05, 4.69) is 36.2 Å². The van der Waals surface area contributed by atoms with Crippen LogP contribution in [0.15, 0.2) is 30.3 Å². The summed E-state index contributed by atoms with van der Waals surface area (Å²) >= 11 is 0. The third-order valence-electron chi connectivity index (χ3n) is 4.04. The zero-order chi connectivity index (χ0) is 16.4. The number of halogens is 2. The number of carbonyl (C=O) groups is 1. The van der Waals surface area contributed by atoms with Gasteiger partial charge in [-0.15, -0.1) is 24.8 Å². The number of amides is 1. The number of likely N-dealkylation sites (N-methyl/N-ethyl adjacent to an activating group) is 1. The van der Waals surface area contributed by atoms with Gasteiger partial charge in [-0.3, -0.25) is 4.79 Å². The predicted octanol–water partition coefficient (Wildman–Crippen LogP) is 3.06. The van der Waals surface area contributed by atoms with Gasteiger partial charge in [-0.1, -0.05) is 51.1 Å². The van der Waals surface area contributed by atoms with Gasteiger partial charge in [0.05, 0.1) is 0 Å². The zero-order valence-electron chi connectivity index (χ0n) is 15.3. The van der Waals surface area contributed by atoms with Crippen molar-refractivity contribution in [3.05, 3.63) is 35.9 Å². The largest absolute Gasteiger partial charge is 0.337 e. The lowest BCUT2D eigenvalue weighted by Crippen LogP contribution is -2.42. The Morgan fingerprint density at radius 2 is 1.67 bits per heavy atom. The lowest BCUT2D eigenvalue weighted by atomic mass is 10.1. The lowest BCUT2D eigenvalue weighted by molar-refractivity contribution is -0.135. The Morgan fingerprint density at radius 1 is 1.08 bits per heavy atom. The highest BCUT2D eigenvalue weighted by molar-refractivity contribution is 5.85. The average molecular weight is 378 g/mol. The van der Waals surface area contributed by atoms with E-state index in [4.69, 9.17) is 0 Å². The van der Waals surface area contributed by atoms with Crippen LogP contribution in [0.1, 0.15) is 26.3 Å². The highest BCUT2D eigenvalue weighted by atomic mass is 35.5. The van der Waals surface area contributed by atoms with Crippen LogP contribution in [0.25, 0.3) is 0 Å². The van der Waals surface area contributed by atoms with Crippen molar-refractivity contribution in [3.63, 3.8) is 0 Å². The van der Waals surface area contributed by atoms with Gasteiger partial charge in [-0.05, 0) is 25.7 Å². The van der Waals surface area contributed by atoms with E-state index in [9.17, 15) is 4.79 Å². The molecule has 0 aliphatic rings. The van der Waals surface area contributed by atoms with Crippen LogP contribution in [0, 0.1) is 5.92 Å². The number of carbonyl (C=O) groups excluding carboxylic acids is 1. The predicted molar refractivity (Wildman–Crippen MR) is 107 cm³/mol. The Bertz CT molecular complexity index is 428. The molecule has 0 radical (unpaired) electrons. The highest BCUT2D eigenvalue weighted by Gasteiger charge is 2.20. The lowest BCUT2D eigenvalue weighted by Gasteiger charge is -2.29. The molecule has 0 spiro atoms. The molecule has 0 saturated carbocycles. The number of rotatable bonds is 10. The van der Waals surface area contributed by atoms with Gasteiger partial charge in [0.2, 0.25) is 5.91 Å². The van der Waals surface area contributed by atoms with Crippen LogP contribution in [-0.2, 0) is 11.3 Å². The number of nitrogens with one attached hydrogen (secondary N) is 1. The average Bonchev–Trinajstić information content (AvgIpc) is 2.55. The van der Waals surface area contributed by atoms with Crippen LogP contribution in [0.5, 0.6) is 0 Å². The molecule has 1 aromatic rings. The quantitative estimate of drug-likeness (QED) is 0.680. The molecule has 0 aliphatic heterocycles. The van der Waals surface area contributed by atoms with Crippen molar-refractivity contribution >= 4 is 30.7 Å². The van der Waals surface area contributed by atoms with Gasteiger partial charge < -0.3 is 15.1 Å². The van der Waals surface area contributed by atoms with Crippen molar-refractivity contribution < 1.29 is 4.79 Å². The Kier molecular flexibility index (Phi) is 15.4. The summed E-state index contributed by atoms with van der Waals surface area (Å²) in [6.45, 7) is 11.5. The standard InChI is InChI=1S/C18H31N3O.2ClH/c1-5-20(6-2)12-13-21(18(22)16(3)14-19-4)15-17-10-8-7-9-11-17;;/h7-11,16,19H,5-6,12-15H2,1-4H3;2*1H. The van der Waals surface area contributed by atoms with Crippen LogP contribution < -0.4 is 5.32 Å². The first-order chi connectivity index (χ1) is 10.6. The molecular formula is C18H33Cl2N3O. The third-order valence-corrected chi connectivity index (χ3v) is 4.04. The van der Waals surface area contributed by atoms with Gasteiger partial charge in [0.1, 0.15) is 0 Å². The molecule has 0 aromatic heterocycles. The summed E-state index contributed by atoms with van der Waals surface area (Å²) in [5, 5.41) is 3.10. The fourth-order valence-electron chi connectivity index (χ4n) is 2.58. The first-order valence-electron chi connectivity index (χ1n) is 8.32. The van der Waals surface area contributed by atoms with Crippen molar-refractivity contribution in [1.29, 1.82) is 0 Å². The van der Waals surface area contributed by atoms with Gasteiger partial charge in [0, 0.05) is 32.1 Å². The van der Waals surface area contributed by atoms with Crippen molar-refractivity contribution in [3.8, 4) is 0 Å². The first kappa shape index (κ1) is 25.4. The van der Waals surface area contributed by atoms with E-state index in [-0.39, 0.29) is 36.6 Å². The number of nitrogens with zero attached hydrogens (tertiary/aromatic N) is 2. The number of hydrogen-bond acceptors (Lipinski definition) is 3. The smallest absolute Gasteiger partial charge is 0.227 e. The Balaban J connectivity index is 0. The minimum absolute atomic E-state index is 0. The summed E-state index contributed by atoms with van der Waals surface area (Å²) in [6, 6.07) is 10.2. The van der Waals surface area contributed by atoms with Crippen LogP contribution in [0.4, 0.5) is 0 Å². The van der Waals surface area contributed by atoms with E-state index in [1.54, 1.807) is 0 Å². The van der Waals surface area contributed by atoms with Crippen LogP contribution in [0.3, 0.4) is 0 Å². The van der Waals surface area contributed by atoms with Crippen molar-refractivity contribution in [1.82, 2.24) is 15.1 Å². The Labute approximate surface area is 159 Å². The first-order valence-corrected chi connectivity index (χ1v) is 8.32. The maximum atomic E-state index is 12.7. The highest BCUT2D eigenvalue weighted by Crippen LogP contribution is 2.09. The van der Waals surface area contributed by atoms with E-state index < -0.39 is 0 Å². The van der Waals surface area contributed by atoms with E-state index in [1.165, 1.54) is 5.56 Å².